The van der Waals surface area contributed by atoms with E-state index in [1.165, 1.54) is 0 Å². The maximum absolute atomic E-state index is 13.0. The van der Waals surface area contributed by atoms with Crippen LogP contribution in [0.2, 0.25) is 10.0 Å². The molecule has 2 aliphatic rings. The van der Waals surface area contributed by atoms with E-state index in [1.807, 2.05) is 0 Å². The van der Waals surface area contributed by atoms with Gasteiger partial charge in [0.05, 0.1) is 17.2 Å². The SMILES string of the molecule is CC[C@H](NC(=O)c1ccc(Cl)cc1)C1[C@H]2CC(n3cnc4cc(Cl)ccc4c3=O)C[C@H]12. The topological polar surface area (TPSA) is 64.0 Å². The number of hydrogen-bond donors (Lipinski definition) is 1. The van der Waals surface area contributed by atoms with Crippen LogP contribution in [0.25, 0.3) is 10.9 Å². The molecule has 0 bridgehead atoms. The van der Waals surface area contributed by atoms with E-state index in [2.05, 4.69) is 17.2 Å². The van der Waals surface area contributed by atoms with Gasteiger partial charge in [-0.2, -0.15) is 0 Å². The first-order valence-corrected chi connectivity index (χ1v) is 11.4. The molecule has 1 heterocycles. The van der Waals surface area contributed by atoms with Gasteiger partial charge in [0.2, 0.25) is 0 Å². The van der Waals surface area contributed by atoms with Gasteiger partial charge < -0.3 is 5.32 Å². The summed E-state index contributed by atoms with van der Waals surface area (Å²) in [5, 5.41) is 5.01. The van der Waals surface area contributed by atoms with E-state index >= 15 is 0 Å². The van der Waals surface area contributed by atoms with Crippen LogP contribution in [-0.2, 0) is 0 Å². The second-order valence-corrected chi connectivity index (χ2v) is 9.52. The van der Waals surface area contributed by atoms with Crippen molar-refractivity contribution in [3.05, 3.63) is 74.8 Å². The summed E-state index contributed by atoms with van der Waals surface area (Å²) >= 11 is 11.9. The van der Waals surface area contributed by atoms with Crippen LogP contribution in [0.5, 0.6) is 0 Å². The average molecular weight is 456 g/mol. The molecule has 0 radical (unpaired) electrons. The molecule has 2 fully saturated rings. The predicted octanol–water partition coefficient (Wildman–Crippen LogP) is 5.11. The largest absolute Gasteiger partial charge is 0.349 e. The number of benzene rings is 2. The fourth-order valence-corrected chi connectivity index (χ4v) is 5.67. The van der Waals surface area contributed by atoms with Crippen molar-refractivity contribution in [3.63, 3.8) is 0 Å². The Morgan fingerprint density at radius 3 is 2.48 bits per heavy atom. The number of amides is 1. The Bertz CT molecular complexity index is 1200. The molecule has 3 atom stereocenters. The Kier molecular flexibility index (Phi) is 5.27. The molecule has 0 saturated heterocycles. The predicted molar refractivity (Wildman–Crippen MR) is 123 cm³/mol. The van der Waals surface area contributed by atoms with Gasteiger partial charge in [0.1, 0.15) is 0 Å². The maximum Gasteiger partial charge on any atom is 0.261 e. The van der Waals surface area contributed by atoms with Gasteiger partial charge in [0, 0.05) is 27.7 Å². The number of nitrogens with one attached hydrogen (secondary N) is 1. The van der Waals surface area contributed by atoms with Crippen molar-refractivity contribution in [2.75, 3.05) is 0 Å². The van der Waals surface area contributed by atoms with E-state index in [-0.39, 0.29) is 23.6 Å². The smallest absolute Gasteiger partial charge is 0.261 e. The number of carbonyl (C=O) groups is 1. The maximum atomic E-state index is 13.0. The molecule has 7 heteroatoms. The van der Waals surface area contributed by atoms with Crippen LogP contribution in [0.15, 0.2) is 53.6 Å². The van der Waals surface area contributed by atoms with Crippen molar-refractivity contribution in [3.8, 4) is 0 Å². The first kappa shape index (κ1) is 20.5. The second-order valence-electron chi connectivity index (χ2n) is 8.64. The van der Waals surface area contributed by atoms with Gasteiger partial charge in [-0.1, -0.05) is 30.1 Å². The van der Waals surface area contributed by atoms with Gasteiger partial charge in [0.25, 0.3) is 11.5 Å². The molecule has 2 aliphatic carbocycles. The molecule has 1 aromatic heterocycles. The van der Waals surface area contributed by atoms with Crippen molar-refractivity contribution in [2.24, 2.45) is 17.8 Å². The summed E-state index contributed by atoms with van der Waals surface area (Å²) < 4.78 is 1.78. The summed E-state index contributed by atoms with van der Waals surface area (Å²) in [6.45, 7) is 2.11. The highest BCUT2D eigenvalue weighted by Gasteiger charge is 2.59. The number of aromatic nitrogens is 2. The molecule has 2 aromatic carbocycles. The van der Waals surface area contributed by atoms with Crippen LogP contribution in [0.3, 0.4) is 0 Å². The van der Waals surface area contributed by atoms with Crippen molar-refractivity contribution in [2.45, 2.75) is 38.3 Å². The quantitative estimate of drug-likeness (QED) is 0.581. The molecular weight excluding hydrogens is 433 g/mol. The summed E-state index contributed by atoms with van der Waals surface area (Å²) in [5.74, 6) is 1.49. The van der Waals surface area contributed by atoms with Crippen molar-refractivity contribution in [1.82, 2.24) is 14.9 Å². The molecule has 160 valence electrons. The lowest BCUT2D eigenvalue weighted by Gasteiger charge is -2.22. The molecule has 5 rings (SSSR count). The van der Waals surface area contributed by atoms with Gasteiger partial charge in [-0.25, -0.2) is 4.98 Å². The summed E-state index contributed by atoms with van der Waals surface area (Å²) in [5.41, 5.74) is 1.25. The molecule has 5 nitrogen and oxygen atoms in total. The van der Waals surface area contributed by atoms with Crippen LogP contribution in [0.4, 0.5) is 0 Å². The van der Waals surface area contributed by atoms with E-state index < -0.39 is 0 Å². The number of hydrogen-bond acceptors (Lipinski definition) is 3. The Morgan fingerprint density at radius 1 is 1.13 bits per heavy atom. The van der Waals surface area contributed by atoms with Gasteiger partial charge >= 0.3 is 0 Å². The van der Waals surface area contributed by atoms with E-state index in [9.17, 15) is 9.59 Å². The fourth-order valence-electron chi connectivity index (χ4n) is 5.38. The molecular formula is C24H23Cl2N3O2. The average Bonchev–Trinajstić information content (AvgIpc) is 3.24. The lowest BCUT2D eigenvalue weighted by molar-refractivity contribution is 0.0927. The van der Waals surface area contributed by atoms with Crippen LogP contribution in [-0.4, -0.2) is 21.5 Å². The van der Waals surface area contributed by atoms with E-state index in [0.29, 0.717) is 44.3 Å². The van der Waals surface area contributed by atoms with Gasteiger partial charge in [-0.15, -0.1) is 0 Å². The Hall–Kier alpha value is -2.37. The van der Waals surface area contributed by atoms with Crippen LogP contribution in [0, 0.1) is 17.8 Å². The normalized spacial score (nSPS) is 23.5. The van der Waals surface area contributed by atoms with Gasteiger partial charge in [-0.05, 0) is 79.5 Å². The fraction of sp³-hybridized carbons (Fsp3) is 0.375. The zero-order chi connectivity index (χ0) is 21.7. The van der Waals surface area contributed by atoms with E-state index in [1.54, 1.807) is 53.4 Å². The number of nitrogens with zero attached hydrogens (tertiary/aromatic N) is 2. The lowest BCUT2D eigenvalue weighted by atomic mass is 9.99. The molecule has 31 heavy (non-hydrogen) atoms. The molecule has 1 N–H and O–H groups in total. The first-order valence-electron chi connectivity index (χ1n) is 10.7. The van der Waals surface area contributed by atoms with Crippen LogP contribution in [0.1, 0.15) is 42.6 Å². The minimum Gasteiger partial charge on any atom is -0.349 e. The third-order valence-corrected chi connectivity index (χ3v) is 7.44. The zero-order valence-electron chi connectivity index (χ0n) is 17.1. The zero-order valence-corrected chi connectivity index (χ0v) is 18.6. The van der Waals surface area contributed by atoms with Gasteiger partial charge in [0.15, 0.2) is 0 Å². The molecule has 0 unspecified atom stereocenters. The van der Waals surface area contributed by atoms with Gasteiger partial charge in [-0.3, -0.25) is 14.2 Å². The number of fused-ring (bicyclic) bond motifs is 2. The summed E-state index contributed by atoms with van der Waals surface area (Å²) in [7, 11) is 0. The summed E-state index contributed by atoms with van der Waals surface area (Å²) in [6, 6.07) is 12.5. The molecule has 0 spiro atoms. The highest BCUT2D eigenvalue weighted by molar-refractivity contribution is 6.31. The van der Waals surface area contributed by atoms with Crippen molar-refractivity contribution < 1.29 is 4.79 Å². The Morgan fingerprint density at radius 2 is 1.81 bits per heavy atom. The molecule has 0 aliphatic heterocycles. The number of rotatable bonds is 5. The minimum absolute atomic E-state index is 0.00685. The third-order valence-electron chi connectivity index (χ3n) is 6.95. The van der Waals surface area contributed by atoms with Crippen molar-refractivity contribution >= 4 is 40.0 Å². The monoisotopic (exact) mass is 455 g/mol. The highest BCUT2D eigenvalue weighted by atomic mass is 35.5. The number of halogens is 2. The van der Waals surface area contributed by atoms with E-state index in [4.69, 9.17) is 23.2 Å². The molecule has 1 amide bonds. The Labute approximate surface area is 190 Å². The molecule has 3 aromatic rings. The second kappa shape index (κ2) is 7.95. The summed E-state index contributed by atoms with van der Waals surface area (Å²) in [6.07, 6.45) is 4.44. The van der Waals surface area contributed by atoms with E-state index in [0.717, 1.165) is 19.3 Å². The van der Waals surface area contributed by atoms with Crippen LogP contribution < -0.4 is 10.9 Å². The summed E-state index contributed by atoms with van der Waals surface area (Å²) in [4.78, 5) is 30.0. The lowest BCUT2D eigenvalue weighted by Crippen LogP contribution is -2.37. The standard InChI is InChI=1S/C24H23Cl2N3O2/c1-2-20(28-23(30)13-3-5-14(25)6-4-13)22-18-10-16(11-19(18)22)29-12-27-21-9-15(26)7-8-17(21)24(29)31/h3-9,12,16,18-20,22H,2,10-11H2,1H3,(H,28,30)/t16?,18-,19-,20-,22?/m0/s1. The minimum atomic E-state index is -0.0568. The number of carbonyl (C=O) groups excluding carboxylic acids is 1. The third kappa shape index (κ3) is 3.74. The Balaban J connectivity index is 1.27. The molecule has 2 saturated carbocycles. The first-order chi connectivity index (χ1) is 15.0. The van der Waals surface area contributed by atoms with Crippen LogP contribution >= 0.6 is 23.2 Å². The van der Waals surface area contributed by atoms with Crippen molar-refractivity contribution in [1.29, 1.82) is 0 Å². The highest BCUT2D eigenvalue weighted by Crippen LogP contribution is 2.62.